The second-order valence-electron chi connectivity index (χ2n) is 11.7. The Morgan fingerprint density at radius 2 is 1.86 bits per heavy atom. The van der Waals surface area contributed by atoms with Crippen LogP contribution < -0.4 is 11.3 Å². The third-order valence-corrected chi connectivity index (χ3v) is 8.99. The number of carbonyl (C=O) groups excluding carboxylic acids is 1. The van der Waals surface area contributed by atoms with Gasteiger partial charge in [0.2, 0.25) is 11.7 Å². The van der Waals surface area contributed by atoms with E-state index in [2.05, 4.69) is 23.1 Å². The van der Waals surface area contributed by atoms with Gasteiger partial charge in [0.15, 0.2) is 0 Å². The molecule has 0 bridgehead atoms. The van der Waals surface area contributed by atoms with Crippen molar-refractivity contribution in [1.82, 2.24) is 19.2 Å². The molecule has 0 atom stereocenters. The normalized spacial score (nSPS) is 19.4. The number of hydrogen-bond donors (Lipinski definition) is 1. The Labute approximate surface area is 244 Å². The molecule has 2 N–H and O–H groups in total. The minimum absolute atomic E-state index is 0.00522. The summed E-state index contributed by atoms with van der Waals surface area (Å²) in [5.74, 6) is 0.323. The van der Waals surface area contributed by atoms with Crippen LogP contribution in [0.15, 0.2) is 59.7 Å². The summed E-state index contributed by atoms with van der Waals surface area (Å²) in [6.07, 6.45) is 8.49. The first kappa shape index (κ1) is 27.9. The number of aromatic nitrogens is 4. The number of primary amides is 1. The van der Waals surface area contributed by atoms with E-state index in [1.54, 1.807) is 0 Å². The van der Waals surface area contributed by atoms with E-state index in [0.717, 1.165) is 79.3 Å². The number of amides is 1. The van der Waals surface area contributed by atoms with Gasteiger partial charge >= 0.3 is 0 Å². The van der Waals surface area contributed by atoms with Gasteiger partial charge in [-0.15, -0.1) is 0 Å². The summed E-state index contributed by atoms with van der Waals surface area (Å²) in [7, 11) is 0. The van der Waals surface area contributed by atoms with Crippen molar-refractivity contribution in [2.75, 3.05) is 6.61 Å². The number of aryl methyl sites for hydroxylation is 1. The van der Waals surface area contributed by atoms with Gasteiger partial charge in [-0.25, -0.2) is 4.52 Å². The zero-order valence-corrected chi connectivity index (χ0v) is 24.0. The molecule has 2 aromatic carbocycles. The van der Waals surface area contributed by atoms with Gasteiger partial charge in [-0.1, -0.05) is 55.8 Å². The van der Waals surface area contributed by atoms with E-state index in [-0.39, 0.29) is 23.6 Å². The van der Waals surface area contributed by atoms with Crippen LogP contribution in [0.3, 0.4) is 0 Å². The summed E-state index contributed by atoms with van der Waals surface area (Å²) in [6, 6.07) is 17.9. The highest BCUT2D eigenvalue weighted by Crippen LogP contribution is 2.46. The summed E-state index contributed by atoms with van der Waals surface area (Å²) < 4.78 is 9.83. The average molecular weight is 565 g/mol. The molecule has 1 amide bonds. The van der Waals surface area contributed by atoms with E-state index in [9.17, 15) is 14.9 Å². The topological polar surface area (TPSA) is 128 Å². The Bertz CT molecular complexity index is 1700. The van der Waals surface area contributed by atoms with Gasteiger partial charge < -0.3 is 10.5 Å². The highest BCUT2D eigenvalue weighted by molar-refractivity contribution is 5.83. The van der Waals surface area contributed by atoms with Crippen molar-refractivity contribution in [3.63, 3.8) is 0 Å². The first-order valence-electron chi connectivity index (χ1n) is 14.9. The molecule has 6 rings (SSSR count). The third kappa shape index (κ3) is 5.23. The lowest BCUT2D eigenvalue weighted by Crippen LogP contribution is -2.36. The van der Waals surface area contributed by atoms with Crippen LogP contribution in [-0.4, -0.2) is 37.8 Å². The van der Waals surface area contributed by atoms with E-state index < -0.39 is 5.41 Å². The lowest BCUT2D eigenvalue weighted by Gasteiger charge is -2.31. The lowest BCUT2D eigenvalue weighted by atomic mass is 9.92. The summed E-state index contributed by atoms with van der Waals surface area (Å²) in [6.45, 7) is 2.49. The van der Waals surface area contributed by atoms with E-state index in [1.165, 1.54) is 6.33 Å². The van der Waals surface area contributed by atoms with Gasteiger partial charge in [0.1, 0.15) is 6.33 Å². The molecule has 2 aliphatic rings. The van der Waals surface area contributed by atoms with Crippen LogP contribution in [0.2, 0.25) is 0 Å². The first-order chi connectivity index (χ1) is 20.4. The van der Waals surface area contributed by atoms with Crippen molar-refractivity contribution in [2.24, 2.45) is 11.1 Å². The van der Waals surface area contributed by atoms with Crippen molar-refractivity contribution in [3.05, 3.63) is 87.6 Å². The molecule has 216 valence electrons. The van der Waals surface area contributed by atoms with Crippen LogP contribution in [0, 0.1) is 16.7 Å². The lowest BCUT2D eigenvalue weighted by molar-refractivity contribution is -0.126. The van der Waals surface area contributed by atoms with Crippen LogP contribution in [0.5, 0.6) is 0 Å². The molecule has 2 saturated carbocycles. The summed E-state index contributed by atoms with van der Waals surface area (Å²) in [5, 5.41) is 14.1. The molecular formula is C33H36N6O3. The monoisotopic (exact) mass is 564 g/mol. The predicted octanol–water partition coefficient (Wildman–Crippen LogP) is 4.74. The number of rotatable bonds is 10. The second-order valence-corrected chi connectivity index (χ2v) is 11.7. The molecule has 4 aromatic rings. The van der Waals surface area contributed by atoms with E-state index in [0.29, 0.717) is 24.4 Å². The number of benzene rings is 2. The molecule has 0 unspecified atom stereocenters. The molecule has 42 heavy (non-hydrogen) atoms. The Morgan fingerprint density at radius 1 is 1.12 bits per heavy atom. The zero-order valence-electron chi connectivity index (χ0n) is 24.0. The van der Waals surface area contributed by atoms with Gasteiger partial charge in [-0.2, -0.15) is 15.3 Å². The maximum absolute atomic E-state index is 14.2. The first-order valence-corrected chi connectivity index (χ1v) is 14.9. The Morgan fingerprint density at radius 3 is 2.52 bits per heavy atom. The standard InChI is InChI=1S/C33H36N6O3/c1-2-5-29-28(18-22-8-10-23(11-9-22)27-7-4-3-6-24(27)19-34)30(40)38(32-36-21-37-39(29)32)25-12-14-26(15-13-25)42-20-33(16-17-33)31(35)41/h3-4,6-11,21,25-26H,2,5,12-18,20H2,1H3,(H2,35,41). The molecule has 0 saturated heterocycles. The van der Waals surface area contributed by atoms with Gasteiger partial charge in [0.25, 0.3) is 5.56 Å². The van der Waals surface area contributed by atoms with Gasteiger partial charge in [-0.05, 0) is 67.7 Å². The largest absolute Gasteiger partial charge is 0.377 e. The maximum atomic E-state index is 14.2. The number of fused-ring (bicyclic) bond motifs is 1. The highest BCUT2D eigenvalue weighted by Gasteiger charge is 2.49. The van der Waals surface area contributed by atoms with Crippen LogP contribution in [0.4, 0.5) is 0 Å². The number of nitriles is 1. The van der Waals surface area contributed by atoms with Crippen molar-refractivity contribution in [1.29, 1.82) is 5.26 Å². The quantitative estimate of drug-likeness (QED) is 0.296. The Kier molecular flexibility index (Phi) is 7.65. The molecule has 9 heteroatoms. The minimum atomic E-state index is -0.469. The SMILES string of the molecule is CCCc1c(Cc2ccc(-c3ccccc3C#N)cc2)c(=O)n(C2CCC(OCC3(C(N)=O)CC3)CC2)c2ncnn12. The fourth-order valence-electron chi connectivity index (χ4n) is 6.28. The summed E-state index contributed by atoms with van der Waals surface area (Å²) in [4.78, 5) is 30.5. The van der Waals surface area contributed by atoms with Crippen molar-refractivity contribution < 1.29 is 9.53 Å². The Hall–Kier alpha value is -4.29. The average Bonchev–Trinajstić information content (AvgIpc) is 3.67. The highest BCUT2D eigenvalue weighted by atomic mass is 16.5. The summed E-state index contributed by atoms with van der Waals surface area (Å²) in [5.41, 5.74) is 10.3. The number of ether oxygens (including phenoxy) is 1. The van der Waals surface area contributed by atoms with Crippen LogP contribution in [0.1, 0.15) is 80.3 Å². The Balaban J connectivity index is 1.27. The van der Waals surface area contributed by atoms with Crippen LogP contribution >= 0.6 is 0 Å². The molecule has 2 aromatic heterocycles. The maximum Gasteiger partial charge on any atom is 0.259 e. The molecule has 0 spiro atoms. The van der Waals surface area contributed by atoms with Crippen LogP contribution in [-0.2, 0) is 22.4 Å². The van der Waals surface area contributed by atoms with E-state index >= 15 is 0 Å². The molecule has 2 aliphatic carbocycles. The molecular weight excluding hydrogens is 528 g/mol. The molecule has 0 radical (unpaired) electrons. The smallest absolute Gasteiger partial charge is 0.259 e. The third-order valence-electron chi connectivity index (χ3n) is 8.99. The van der Waals surface area contributed by atoms with E-state index in [4.69, 9.17) is 10.5 Å². The molecule has 2 heterocycles. The van der Waals surface area contributed by atoms with Crippen LogP contribution in [0.25, 0.3) is 16.9 Å². The molecule has 9 nitrogen and oxygen atoms in total. The van der Waals surface area contributed by atoms with Gasteiger partial charge in [0, 0.05) is 18.0 Å². The second kappa shape index (κ2) is 11.5. The van der Waals surface area contributed by atoms with E-state index in [1.807, 2.05) is 57.6 Å². The minimum Gasteiger partial charge on any atom is -0.377 e. The fraction of sp³-hybridized carbons (Fsp3) is 0.424. The predicted molar refractivity (Wildman–Crippen MR) is 159 cm³/mol. The van der Waals surface area contributed by atoms with Crippen molar-refractivity contribution >= 4 is 11.7 Å². The summed E-state index contributed by atoms with van der Waals surface area (Å²) >= 11 is 0. The number of carbonyl (C=O) groups is 1. The van der Waals surface area contributed by atoms with Gasteiger partial charge in [-0.3, -0.25) is 14.2 Å². The number of nitrogens with two attached hydrogens (primary N) is 1. The van der Waals surface area contributed by atoms with Crippen molar-refractivity contribution in [2.45, 2.75) is 76.9 Å². The fourth-order valence-corrected chi connectivity index (χ4v) is 6.28. The van der Waals surface area contributed by atoms with Crippen molar-refractivity contribution in [3.8, 4) is 17.2 Å². The molecule has 2 fully saturated rings. The number of hydrogen-bond acceptors (Lipinski definition) is 6. The zero-order chi connectivity index (χ0) is 29.3. The van der Waals surface area contributed by atoms with Gasteiger partial charge in [0.05, 0.1) is 35.5 Å². The number of nitrogens with zero attached hydrogens (tertiary/aromatic N) is 5. The molecule has 0 aliphatic heterocycles.